The van der Waals surface area contributed by atoms with Crippen molar-refractivity contribution in [3.05, 3.63) is 52.1 Å². The lowest BCUT2D eigenvalue weighted by Crippen LogP contribution is -2.38. The Hall–Kier alpha value is -1.70. The van der Waals surface area contributed by atoms with Gasteiger partial charge in [0, 0.05) is 36.9 Å². The molecule has 102 valence electrons. The van der Waals surface area contributed by atoms with Crippen molar-refractivity contribution in [3.8, 4) is 11.3 Å². The number of benzene rings is 1. The Labute approximate surface area is 123 Å². The van der Waals surface area contributed by atoms with Crippen LogP contribution in [0, 0.1) is 6.57 Å². The quantitative estimate of drug-likeness (QED) is 0.784. The number of likely N-dealkylation sites (tertiary alicyclic amines) is 1. The van der Waals surface area contributed by atoms with E-state index in [1.54, 1.807) is 11.3 Å². The molecular formula is C16H17N3S. The van der Waals surface area contributed by atoms with E-state index >= 15 is 0 Å². The van der Waals surface area contributed by atoms with E-state index in [0.29, 0.717) is 0 Å². The Morgan fingerprint density at radius 3 is 2.60 bits per heavy atom. The summed E-state index contributed by atoms with van der Waals surface area (Å²) in [5, 5.41) is 3.06. The van der Waals surface area contributed by atoms with Gasteiger partial charge in [-0.25, -0.2) is 11.6 Å². The van der Waals surface area contributed by atoms with Crippen LogP contribution in [-0.2, 0) is 5.54 Å². The van der Waals surface area contributed by atoms with Crippen molar-refractivity contribution in [3.63, 3.8) is 0 Å². The van der Waals surface area contributed by atoms with E-state index in [2.05, 4.69) is 34.3 Å². The van der Waals surface area contributed by atoms with E-state index in [4.69, 9.17) is 11.6 Å². The summed E-state index contributed by atoms with van der Waals surface area (Å²) in [6.45, 7) is 9.59. The van der Waals surface area contributed by atoms with Crippen molar-refractivity contribution < 1.29 is 0 Å². The maximum Gasteiger partial charge on any atom is 0.285 e. The summed E-state index contributed by atoms with van der Waals surface area (Å²) < 4.78 is 0. The molecule has 0 unspecified atom stereocenters. The largest absolute Gasteiger partial charge is 0.306 e. The molecule has 0 aliphatic carbocycles. The van der Waals surface area contributed by atoms with Gasteiger partial charge < -0.3 is 9.74 Å². The van der Waals surface area contributed by atoms with Crippen LogP contribution in [0.4, 0.5) is 0 Å². The minimum absolute atomic E-state index is 0.399. The number of aromatic nitrogens is 1. The molecule has 2 heterocycles. The maximum atomic E-state index is 7.64. The van der Waals surface area contributed by atoms with E-state index in [1.165, 1.54) is 0 Å². The van der Waals surface area contributed by atoms with E-state index in [-0.39, 0.29) is 0 Å². The normalized spacial score (nSPS) is 18.6. The SMILES string of the molecule is [C-]#[N+]C1(c2nc(-c3ccccc3)cs2)CCN(C)CC1. The summed E-state index contributed by atoms with van der Waals surface area (Å²) in [5.41, 5.74) is 1.72. The van der Waals surface area contributed by atoms with E-state index in [9.17, 15) is 0 Å². The predicted molar refractivity (Wildman–Crippen MR) is 82.6 cm³/mol. The van der Waals surface area contributed by atoms with Gasteiger partial charge in [-0.3, -0.25) is 0 Å². The van der Waals surface area contributed by atoms with E-state index in [1.807, 2.05) is 18.2 Å². The molecule has 0 bridgehead atoms. The first-order valence-electron chi connectivity index (χ1n) is 6.82. The third-order valence-corrected chi connectivity index (χ3v) is 5.04. The third kappa shape index (κ3) is 2.35. The molecule has 0 spiro atoms. The molecule has 3 nitrogen and oxygen atoms in total. The number of rotatable bonds is 2. The Balaban J connectivity index is 1.91. The molecule has 0 atom stereocenters. The van der Waals surface area contributed by atoms with Crippen molar-refractivity contribution in [1.29, 1.82) is 0 Å². The first kappa shape index (κ1) is 13.3. The third-order valence-electron chi connectivity index (χ3n) is 4.00. The summed E-state index contributed by atoms with van der Waals surface area (Å²) in [6, 6.07) is 10.2. The van der Waals surface area contributed by atoms with Crippen LogP contribution < -0.4 is 0 Å². The van der Waals surface area contributed by atoms with Gasteiger partial charge in [0.15, 0.2) is 5.01 Å². The molecule has 1 saturated heterocycles. The van der Waals surface area contributed by atoms with Crippen LogP contribution in [0.5, 0.6) is 0 Å². The first-order chi connectivity index (χ1) is 9.73. The van der Waals surface area contributed by atoms with Crippen LogP contribution in [0.25, 0.3) is 16.1 Å². The van der Waals surface area contributed by atoms with Crippen molar-refractivity contribution in [2.24, 2.45) is 0 Å². The van der Waals surface area contributed by atoms with Gasteiger partial charge in [0.1, 0.15) is 0 Å². The second-order valence-corrected chi connectivity index (χ2v) is 6.21. The highest BCUT2D eigenvalue weighted by Gasteiger charge is 2.44. The molecule has 0 amide bonds. The van der Waals surface area contributed by atoms with Crippen molar-refractivity contribution >= 4 is 11.3 Å². The lowest BCUT2D eigenvalue weighted by molar-refractivity contribution is 0.216. The molecule has 0 saturated carbocycles. The molecule has 20 heavy (non-hydrogen) atoms. The van der Waals surface area contributed by atoms with Crippen LogP contribution >= 0.6 is 11.3 Å². The van der Waals surface area contributed by atoms with Gasteiger partial charge in [-0.15, -0.1) is 11.3 Å². The van der Waals surface area contributed by atoms with E-state index in [0.717, 1.165) is 42.2 Å². The highest BCUT2D eigenvalue weighted by Crippen LogP contribution is 2.39. The fourth-order valence-corrected chi connectivity index (χ4v) is 3.62. The van der Waals surface area contributed by atoms with Gasteiger partial charge in [-0.1, -0.05) is 30.3 Å². The fourth-order valence-electron chi connectivity index (χ4n) is 2.59. The molecule has 1 fully saturated rings. The lowest BCUT2D eigenvalue weighted by atomic mass is 9.89. The Kier molecular flexibility index (Phi) is 3.56. The molecule has 3 rings (SSSR count). The predicted octanol–water partition coefficient (Wildman–Crippen LogP) is 3.65. The summed E-state index contributed by atoms with van der Waals surface area (Å²) in [5.74, 6) is 0. The van der Waals surface area contributed by atoms with E-state index < -0.39 is 5.54 Å². The molecule has 0 radical (unpaired) electrons. The number of hydrogen-bond acceptors (Lipinski definition) is 3. The molecule has 1 aromatic carbocycles. The van der Waals surface area contributed by atoms with Gasteiger partial charge in [-0.2, -0.15) is 0 Å². The molecular weight excluding hydrogens is 266 g/mol. The lowest BCUT2D eigenvalue weighted by Gasteiger charge is -2.30. The highest BCUT2D eigenvalue weighted by atomic mass is 32.1. The number of hydrogen-bond donors (Lipinski definition) is 0. The summed E-state index contributed by atoms with van der Waals surface area (Å²) in [6.07, 6.45) is 1.77. The molecule has 1 aliphatic heterocycles. The van der Waals surface area contributed by atoms with Gasteiger partial charge in [-0.05, 0) is 7.05 Å². The maximum absolute atomic E-state index is 7.64. The van der Waals surface area contributed by atoms with Crippen LogP contribution in [0.15, 0.2) is 35.7 Å². The molecule has 4 heteroatoms. The summed E-state index contributed by atoms with van der Waals surface area (Å²) >= 11 is 1.63. The van der Waals surface area contributed by atoms with Crippen LogP contribution in [-0.4, -0.2) is 30.0 Å². The smallest absolute Gasteiger partial charge is 0.285 e. The zero-order chi connectivity index (χ0) is 14.0. The Bertz CT molecular complexity index is 619. The average Bonchev–Trinajstić information content (AvgIpc) is 3.00. The average molecular weight is 283 g/mol. The van der Waals surface area contributed by atoms with Crippen molar-refractivity contribution in [2.45, 2.75) is 18.4 Å². The van der Waals surface area contributed by atoms with Crippen LogP contribution in [0.2, 0.25) is 0 Å². The number of nitrogens with zero attached hydrogens (tertiary/aromatic N) is 3. The zero-order valence-electron chi connectivity index (χ0n) is 11.5. The number of thiazole rings is 1. The standard InChI is InChI=1S/C16H17N3S/c1-17-16(8-10-19(2)11-9-16)15-18-14(12-20-15)13-6-4-3-5-7-13/h3-7,12H,8-11H2,2H3. The molecule has 2 aromatic rings. The molecule has 0 N–H and O–H groups in total. The highest BCUT2D eigenvalue weighted by molar-refractivity contribution is 7.10. The van der Waals surface area contributed by atoms with Gasteiger partial charge in [0.2, 0.25) is 0 Å². The van der Waals surface area contributed by atoms with Gasteiger partial charge in [0.05, 0.1) is 5.69 Å². The zero-order valence-corrected chi connectivity index (χ0v) is 12.4. The van der Waals surface area contributed by atoms with Gasteiger partial charge >= 0.3 is 0 Å². The Morgan fingerprint density at radius 2 is 1.95 bits per heavy atom. The second kappa shape index (κ2) is 5.35. The summed E-state index contributed by atoms with van der Waals surface area (Å²) in [7, 11) is 2.12. The second-order valence-electron chi connectivity index (χ2n) is 5.35. The fraction of sp³-hybridized carbons (Fsp3) is 0.375. The molecule has 1 aliphatic rings. The first-order valence-corrected chi connectivity index (χ1v) is 7.70. The minimum atomic E-state index is -0.399. The van der Waals surface area contributed by atoms with Crippen LogP contribution in [0.3, 0.4) is 0 Å². The van der Waals surface area contributed by atoms with Crippen LogP contribution in [0.1, 0.15) is 17.8 Å². The molecule has 1 aromatic heterocycles. The van der Waals surface area contributed by atoms with Crippen molar-refractivity contribution in [1.82, 2.24) is 9.88 Å². The van der Waals surface area contributed by atoms with Crippen molar-refractivity contribution in [2.75, 3.05) is 20.1 Å². The Morgan fingerprint density at radius 1 is 1.25 bits per heavy atom. The minimum Gasteiger partial charge on any atom is -0.306 e. The summed E-state index contributed by atoms with van der Waals surface area (Å²) in [4.78, 5) is 11.0. The monoisotopic (exact) mass is 283 g/mol. The number of piperidine rings is 1. The topological polar surface area (TPSA) is 20.5 Å². The van der Waals surface area contributed by atoms with Gasteiger partial charge in [0.25, 0.3) is 5.54 Å².